The fraction of sp³-hybridized carbons (Fsp3) is 0.737. The van der Waals surface area contributed by atoms with Crippen LogP contribution in [0, 0.1) is 0 Å². The van der Waals surface area contributed by atoms with Gasteiger partial charge in [0.15, 0.2) is 5.78 Å². The first-order valence-corrected chi connectivity index (χ1v) is 9.88. The Morgan fingerprint density at radius 1 is 1.17 bits per heavy atom. The van der Waals surface area contributed by atoms with E-state index in [0.29, 0.717) is 6.42 Å². The van der Waals surface area contributed by atoms with Crippen molar-refractivity contribution in [2.75, 3.05) is 6.61 Å². The van der Waals surface area contributed by atoms with Gasteiger partial charge < -0.3 is 10.8 Å². The number of aliphatic hydroxyl groups is 1. The zero-order valence-electron chi connectivity index (χ0n) is 14.8. The molecule has 0 aliphatic carbocycles. The number of rotatable bonds is 13. The highest BCUT2D eigenvalue weighted by atomic mass is 32.1. The molecule has 1 atom stereocenters. The molecule has 0 radical (unpaired) electrons. The third-order valence-electron chi connectivity index (χ3n) is 4.58. The number of carbonyl (C=O) groups excluding carboxylic acids is 1. The molecule has 0 amide bonds. The van der Waals surface area contributed by atoms with Crippen LogP contribution in [0.4, 0.5) is 0 Å². The summed E-state index contributed by atoms with van der Waals surface area (Å²) in [7, 11) is 0. The molecule has 0 aliphatic rings. The van der Waals surface area contributed by atoms with Crippen molar-refractivity contribution in [3.05, 3.63) is 21.9 Å². The first kappa shape index (κ1) is 20.3. The first-order valence-electron chi connectivity index (χ1n) is 9.06. The molecule has 4 heteroatoms. The summed E-state index contributed by atoms with van der Waals surface area (Å²) < 4.78 is 0. The van der Waals surface area contributed by atoms with Gasteiger partial charge in [0.2, 0.25) is 0 Å². The normalized spacial score (nSPS) is 13.9. The standard InChI is InChI=1S/C19H33NO2S/c1-3-5-6-7-8-9-10-17(22)18-12-11-16(23-18)13-14-19(20,4-2)15-21/h11-12,21H,3-10,13-15,20H2,1-2H3. The van der Waals surface area contributed by atoms with Gasteiger partial charge in [-0.2, -0.15) is 0 Å². The molecule has 0 spiro atoms. The van der Waals surface area contributed by atoms with E-state index in [4.69, 9.17) is 5.73 Å². The molecule has 3 N–H and O–H groups in total. The molecule has 0 fully saturated rings. The molecule has 1 unspecified atom stereocenters. The van der Waals surface area contributed by atoms with Gasteiger partial charge in [-0.15, -0.1) is 11.3 Å². The van der Waals surface area contributed by atoms with Crippen LogP contribution in [-0.2, 0) is 6.42 Å². The average molecular weight is 340 g/mol. The minimum absolute atomic E-state index is 0.0126. The van der Waals surface area contributed by atoms with Crippen LogP contribution in [0.25, 0.3) is 0 Å². The Labute approximate surface area is 145 Å². The minimum atomic E-state index is -0.493. The molecule has 1 aromatic heterocycles. The maximum Gasteiger partial charge on any atom is 0.172 e. The van der Waals surface area contributed by atoms with Crippen LogP contribution in [0.15, 0.2) is 12.1 Å². The molecule has 3 nitrogen and oxygen atoms in total. The summed E-state index contributed by atoms with van der Waals surface area (Å²) in [5.41, 5.74) is 5.62. The quantitative estimate of drug-likeness (QED) is 0.404. The number of Topliss-reactive ketones (excluding diaryl/α,β-unsaturated/α-hetero) is 1. The van der Waals surface area contributed by atoms with Gasteiger partial charge >= 0.3 is 0 Å². The van der Waals surface area contributed by atoms with Crippen LogP contribution in [-0.4, -0.2) is 23.0 Å². The summed E-state index contributed by atoms with van der Waals surface area (Å²) in [6.45, 7) is 4.23. The van der Waals surface area contributed by atoms with Gasteiger partial charge in [0.25, 0.3) is 0 Å². The Balaban J connectivity index is 2.33. The molecule has 0 saturated carbocycles. The number of hydrogen-bond acceptors (Lipinski definition) is 4. The van der Waals surface area contributed by atoms with E-state index in [0.717, 1.165) is 37.0 Å². The third kappa shape index (κ3) is 7.60. The van der Waals surface area contributed by atoms with Crippen LogP contribution in [0.2, 0.25) is 0 Å². The van der Waals surface area contributed by atoms with Crippen LogP contribution >= 0.6 is 11.3 Å². The average Bonchev–Trinajstić information content (AvgIpc) is 3.05. The van der Waals surface area contributed by atoms with E-state index in [9.17, 15) is 9.90 Å². The Morgan fingerprint density at radius 2 is 1.87 bits per heavy atom. The lowest BCUT2D eigenvalue weighted by Gasteiger charge is -2.25. The maximum absolute atomic E-state index is 12.2. The maximum atomic E-state index is 12.2. The van der Waals surface area contributed by atoms with Crippen molar-refractivity contribution in [1.82, 2.24) is 0 Å². The summed E-state index contributed by atoms with van der Waals surface area (Å²) >= 11 is 1.59. The Hall–Kier alpha value is -0.710. The van der Waals surface area contributed by atoms with Gasteiger partial charge in [-0.1, -0.05) is 46.0 Å². The number of aryl methyl sites for hydroxylation is 1. The molecule has 1 heterocycles. The van der Waals surface area contributed by atoms with E-state index in [1.165, 1.54) is 30.6 Å². The van der Waals surface area contributed by atoms with Gasteiger partial charge in [0.1, 0.15) is 0 Å². The fourth-order valence-corrected chi connectivity index (χ4v) is 3.57. The Bertz CT molecular complexity index is 452. The number of aliphatic hydroxyl groups excluding tert-OH is 1. The van der Waals surface area contributed by atoms with E-state index in [-0.39, 0.29) is 12.4 Å². The van der Waals surface area contributed by atoms with Crippen LogP contribution in [0.1, 0.15) is 86.2 Å². The van der Waals surface area contributed by atoms with Crippen molar-refractivity contribution >= 4 is 17.1 Å². The van der Waals surface area contributed by atoms with Crippen molar-refractivity contribution in [3.63, 3.8) is 0 Å². The second kappa shape index (κ2) is 11.0. The van der Waals surface area contributed by atoms with E-state index >= 15 is 0 Å². The third-order valence-corrected chi connectivity index (χ3v) is 5.77. The molecular formula is C19H33NO2S. The number of nitrogens with two attached hydrogens (primary N) is 1. The molecule has 0 bridgehead atoms. The van der Waals surface area contributed by atoms with Crippen molar-refractivity contribution in [3.8, 4) is 0 Å². The smallest absolute Gasteiger partial charge is 0.172 e. The molecule has 23 heavy (non-hydrogen) atoms. The second-order valence-corrected chi connectivity index (χ2v) is 7.75. The van der Waals surface area contributed by atoms with Crippen molar-refractivity contribution in [2.45, 2.75) is 83.6 Å². The van der Waals surface area contributed by atoms with Crippen LogP contribution < -0.4 is 5.73 Å². The van der Waals surface area contributed by atoms with Crippen LogP contribution in [0.5, 0.6) is 0 Å². The van der Waals surface area contributed by atoms with E-state index in [1.54, 1.807) is 11.3 Å². The number of unbranched alkanes of at least 4 members (excludes halogenated alkanes) is 5. The molecule has 0 saturated heterocycles. The molecule has 1 rings (SSSR count). The molecule has 0 aliphatic heterocycles. The summed E-state index contributed by atoms with van der Waals surface area (Å²) in [6.07, 6.45) is 10.3. The summed E-state index contributed by atoms with van der Waals surface area (Å²) in [5.74, 6) is 0.272. The molecule has 1 aromatic rings. The van der Waals surface area contributed by atoms with Gasteiger partial charge in [-0.25, -0.2) is 0 Å². The number of ketones is 1. The number of carbonyl (C=O) groups is 1. The number of hydrogen-bond donors (Lipinski definition) is 2. The fourth-order valence-electron chi connectivity index (χ4n) is 2.59. The van der Waals surface area contributed by atoms with Gasteiger partial charge in [0, 0.05) is 16.8 Å². The Morgan fingerprint density at radius 3 is 2.52 bits per heavy atom. The SMILES string of the molecule is CCCCCCCCC(=O)c1ccc(CCC(N)(CC)CO)s1. The lowest BCUT2D eigenvalue weighted by atomic mass is 9.92. The molecule has 132 valence electrons. The highest BCUT2D eigenvalue weighted by Gasteiger charge is 2.21. The molecular weight excluding hydrogens is 306 g/mol. The summed E-state index contributed by atoms with van der Waals surface area (Å²) in [6, 6.07) is 3.98. The number of thiophene rings is 1. The molecule has 0 aromatic carbocycles. The van der Waals surface area contributed by atoms with Crippen molar-refractivity contribution in [2.24, 2.45) is 5.73 Å². The predicted octanol–water partition coefficient (Wildman–Crippen LogP) is 4.71. The predicted molar refractivity (Wildman–Crippen MR) is 99.3 cm³/mol. The monoisotopic (exact) mass is 339 g/mol. The van der Waals surface area contributed by atoms with E-state index in [1.807, 2.05) is 19.1 Å². The van der Waals surface area contributed by atoms with Gasteiger partial charge in [-0.05, 0) is 37.8 Å². The second-order valence-electron chi connectivity index (χ2n) is 6.58. The zero-order chi connectivity index (χ0) is 17.1. The van der Waals surface area contributed by atoms with Gasteiger partial charge in [-0.3, -0.25) is 4.79 Å². The first-order chi connectivity index (χ1) is 11.0. The van der Waals surface area contributed by atoms with Crippen LogP contribution in [0.3, 0.4) is 0 Å². The summed E-state index contributed by atoms with van der Waals surface area (Å²) in [5, 5.41) is 9.36. The highest BCUT2D eigenvalue weighted by Crippen LogP contribution is 2.23. The van der Waals surface area contributed by atoms with Crippen molar-refractivity contribution in [1.29, 1.82) is 0 Å². The highest BCUT2D eigenvalue weighted by molar-refractivity contribution is 7.14. The van der Waals surface area contributed by atoms with E-state index < -0.39 is 5.54 Å². The lowest BCUT2D eigenvalue weighted by molar-refractivity contribution is 0.0983. The lowest BCUT2D eigenvalue weighted by Crippen LogP contribution is -2.43. The van der Waals surface area contributed by atoms with Gasteiger partial charge in [0.05, 0.1) is 11.5 Å². The summed E-state index contributed by atoms with van der Waals surface area (Å²) in [4.78, 5) is 14.3. The Kier molecular flexibility index (Phi) is 9.68. The topological polar surface area (TPSA) is 63.3 Å². The zero-order valence-corrected chi connectivity index (χ0v) is 15.6. The minimum Gasteiger partial charge on any atom is -0.394 e. The van der Waals surface area contributed by atoms with E-state index in [2.05, 4.69) is 6.92 Å². The largest absolute Gasteiger partial charge is 0.394 e. The van der Waals surface area contributed by atoms with Crippen molar-refractivity contribution < 1.29 is 9.90 Å².